The molecule has 0 aliphatic carbocycles. The fourth-order valence-electron chi connectivity index (χ4n) is 1.97. The Morgan fingerprint density at radius 2 is 1.52 bits per heavy atom. The van der Waals surface area contributed by atoms with E-state index < -0.39 is 26.0 Å². The zero-order valence-corrected chi connectivity index (χ0v) is 13.3. The Balaban J connectivity index is 2.05. The first-order chi connectivity index (χ1) is 9.79. The van der Waals surface area contributed by atoms with Gasteiger partial charge in [0.15, 0.2) is 26.0 Å². The summed E-state index contributed by atoms with van der Waals surface area (Å²) < 4.78 is 57.7. The molecule has 1 saturated heterocycles. The number of hydrogen-bond donors (Lipinski definition) is 0. The molecule has 118 valence electrons. The van der Waals surface area contributed by atoms with Crippen molar-refractivity contribution in [1.29, 1.82) is 0 Å². The topological polar surface area (TPSA) is 86.7 Å². The minimum atomic E-state index is -3.48. The average Bonchev–Trinajstić information content (AvgIpc) is 2.46. The van der Waals surface area contributed by atoms with E-state index in [9.17, 15) is 16.8 Å². The summed E-state index contributed by atoms with van der Waals surface area (Å²) in [5, 5.41) is 0. The first-order valence-corrected chi connectivity index (χ1v) is 10.1. The SMILES string of the molecule is CS(=O)(=O)c1ccc(S(=O)(=O)CCC2OCCCO2)cc1. The monoisotopic (exact) mass is 334 g/mol. The molecule has 0 bridgehead atoms. The molecule has 1 aliphatic rings. The van der Waals surface area contributed by atoms with E-state index in [0.29, 0.717) is 13.2 Å². The van der Waals surface area contributed by atoms with Gasteiger partial charge in [0.25, 0.3) is 0 Å². The van der Waals surface area contributed by atoms with E-state index in [0.717, 1.165) is 12.7 Å². The van der Waals surface area contributed by atoms with Crippen LogP contribution in [0.15, 0.2) is 34.1 Å². The lowest BCUT2D eigenvalue weighted by molar-refractivity contribution is -0.178. The van der Waals surface area contributed by atoms with Gasteiger partial charge in [0.1, 0.15) is 0 Å². The standard InChI is InChI=1S/C13H18O6S2/c1-20(14,15)11-3-5-12(6-4-11)21(16,17)10-7-13-18-8-2-9-19-13/h3-6,13H,2,7-10H2,1H3. The predicted molar refractivity (Wildman–Crippen MR) is 76.5 cm³/mol. The van der Waals surface area contributed by atoms with Gasteiger partial charge in [-0.15, -0.1) is 0 Å². The molecular formula is C13H18O6S2. The maximum Gasteiger partial charge on any atom is 0.178 e. The molecule has 0 spiro atoms. The number of sulfone groups is 2. The quantitative estimate of drug-likeness (QED) is 0.799. The van der Waals surface area contributed by atoms with Gasteiger partial charge in [-0.25, -0.2) is 16.8 Å². The van der Waals surface area contributed by atoms with Crippen molar-refractivity contribution in [2.24, 2.45) is 0 Å². The van der Waals surface area contributed by atoms with Crippen LogP contribution in [0, 0.1) is 0 Å². The third-order valence-electron chi connectivity index (χ3n) is 3.13. The maximum atomic E-state index is 12.2. The van der Waals surface area contributed by atoms with Gasteiger partial charge in [0.2, 0.25) is 0 Å². The zero-order valence-electron chi connectivity index (χ0n) is 11.7. The van der Waals surface area contributed by atoms with Gasteiger partial charge in [0, 0.05) is 12.7 Å². The van der Waals surface area contributed by atoms with Gasteiger partial charge in [0.05, 0.1) is 28.8 Å². The van der Waals surface area contributed by atoms with Crippen molar-refractivity contribution >= 4 is 19.7 Å². The Morgan fingerprint density at radius 3 is 2.05 bits per heavy atom. The third kappa shape index (κ3) is 4.50. The molecule has 0 amide bonds. The second kappa shape index (κ2) is 6.43. The van der Waals surface area contributed by atoms with Crippen LogP contribution in [-0.2, 0) is 29.1 Å². The Labute approximate surface area is 124 Å². The number of ether oxygens (including phenoxy) is 2. The second-order valence-corrected chi connectivity index (χ2v) is 9.00. The summed E-state index contributed by atoms with van der Waals surface area (Å²) in [5.41, 5.74) is 0. The highest BCUT2D eigenvalue weighted by atomic mass is 32.2. The van der Waals surface area contributed by atoms with Crippen LogP contribution < -0.4 is 0 Å². The first-order valence-electron chi connectivity index (χ1n) is 6.55. The molecule has 8 heteroatoms. The van der Waals surface area contributed by atoms with E-state index in [1.54, 1.807) is 0 Å². The van der Waals surface area contributed by atoms with Gasteiger partial charge in [-0.05, 0) is 30.7 Å². The Kier molecular flexibility index (Phi) is 5.03. The van der Waals surface area contributed by atoms with E-state index in [-0.39, 0.29) is 22.0 Å². The lowest BCUT2D eigenvalue weighted by Gasteiger charge is -2.22. The van der Waals surface area contributed by atoms with E-state index in [2.05, 4.69) is 0 Å². The van der Waals surface area contributed by atoms with Crippen molar-refractivity contribution < 1.29 is 26.3 Å². The minimum absolute atomic E-state index is 0.0976. The van der Waals surface area contributed by atoms with Crippen molar-refractivity contribution in [3.05, 3.63) is 24.3 Å². The van der Waals surface area contributed by atoms with Crippen molar-refractivity contribution in [3.63, 3.8) is 0 Å². The van der Waals surface area contributed by atoms with Gasteiger partial charge >= 0.3 is 0 Å². The summed E-state index contributed by atoms with van der Waals surface area (Å²) in [6.45, 7) is 1.15. The van der Waals surface area contributed by atoms with Crippen molar-refractivity contribution in [3.8, 4) is 0 Å². The van der Waals surface area contributed by atoms with E-state index >= 15 is 0 Å². The predicted octanol–water partition coefficient (Wildman–Crippen LogP) is 1.02. The van der Waals surface area contributed by atoms with Crippen LogP contribution in [0.1, 0.15) is 12.8 Å². The fraction of sp³-hybridized carbons (Fsp3) is 0.538. The van der Waals surface area contributed by atoms with Crippen LogP contribution >= 0.6 is 0 Å². The van der Waals surface area contributed by atoms with Gasteiger partial charge < -0.3 is 9.47 Å². The maximum absolute atomic E-state index is 12.2. The largest absolute Gasteiger partial charge is 0.353 e. The molecule has 0 aromatic heterocycles. The highest BCUT2D eigenvalue weighted by Crippen LogP contribution is 2.18. The van der Waals surface area contributed by atoms with Crippen LogP contribution in [-0.4, -0.2) is 48.3 Å². The van der Waals surface area contributed by atoms with Gasteiger partial charge in [-0.2, -0.15) is 0 Å². The van der Waals surface area contributed by atoms with Gasteiger partial charge in [-0.1, -0.05) is 0 Å². The average molecular weight is 334 g/mol. The fourth-order valence-corrected chi connectivity index (χ4v) is 3.89. The molecule has 0 N–H and O–H groups in total. The molecule has 0 saturated carbocycles. The summed E-state index contributed by atoms with van der Waals surface area (Å²) in [7, 11) is -6.81. The summed E-state index contributed by atoms with van der Waals surface area (Å²) in [6.07, 6.45) is 1.67. The van der Waals surface area contributed by atoms with E-state index in [1.807, 2.05) is 0 Å². The molecule has 1 aromatic rings. The molecule has 0 unspecified atom stereocenters. The molecule has 1 fully saturated rings. The van der Waals surface area contributed by atoms with Crippen molar-refractivity contribution in [2.45, 2.75) is 28.9 Å². The normalized spacial score (nSPS) is 17.8. The van der Waals surface area contributed by atoms with Crippen LogP contribution in [0.4, 0.5) is 0 Å². The Morgan fingerprint density at radius 1 is 1.00 bits per heavy atom. The highest BCUT2D eigenvalue weighted by Gasteiger charge is 2.21. The summed E-state index contributed by atoms with van der Waals surface area (Å²) >= 11 is 0. The zero-order chi connectivity index (χ0) is 15.5. The van der Waals surface area contributed by atoms with Crippen LogP contribution in [0.2, 0.25) is 0 Å². The first kappa shape index (κ1) is 16.4. The third-order valence-corrected chi connectivity index (χ3v) is 6.02. The smallest absolute Gasteiger partial charge is 0.178 e. The van der Waals surface area contributed by atoms with Crippen LogP contribution in [0.3, 0.4) is 0 Å². The van der Waals surface area contributed by atoms with Crippen LogP contribution in [0.25, 0.3) is 0 Å². The highest BCUT2D eigenvalue weighted by molar-refractivity contribution is 7.91. The summed E-state index contributed by atoms with van der Waals surface area (Å²) in [6, 6.07) is 5.23. The summed E-state index contributed by atoms with van der Waals surface area (Å²) in [5.74, 6) is -0.101. The lowest BCUT2D eigenvalue weighted by Crippen LogP contribution is -2.27. The number of hydrogen-bond acceptors (Lipinski definition) is 6. The number of rotatable bonds is 5. The summed E-state index contributed by atoms with van der Waals surface area (Å²) in [4.78, 5) is 0.200. The Hall–Kier alpha value is -0.960. The lowest BCUT2D eigenvalue weighted by atomic mass is 10.4. The second-order valence-electron chi connectivity index (χ2n) is 4.88. The molecular weight excluding hydrogens is 316 g/mol. The van der Waals surface area contributed by atoms with Gasteiger partial charge in [-0.3, -0.25) is 0 Å². The number of benzene rings is 1. The molecule has 1 heterocycles. The molecule has 21 heavy (non-hydrogen) atoms. The molecule has 1 aromatic carbocycles. The van der Waals surface area contributed by atoms with Crippen molar-refractivity contribution in [1.82, 2.24) is 0 Å². The van der Waals surface area contributed by atoms with E-state index in [4.69, 9.17) is 9.47 Å². The Bertz CT molecular complexity index is 670. The molecule has 2 rings (SSSR count). The minimum Gasteiger partial charge on any atom is -0.353 e. The molecule has 0 radical (unpaired) electrons. The van der Waals surface area contributed by atoms with E-state index in [1.165, 1.54) is 24.3 Å². The molecule has 6 nitrogen and oxygen atoms in total. The van der Waals surface area contributed by atoms with Crippen LogP contribution in [0.5, 0.6) is 0 Å². The molecule has 0 atom stereocenters. The van der Waals surface area contributed by atoms with Crippen molar-refractivity contribution in [2.75, 3.05) is 25.2 Å². The molecule has 1 aliphatic heterocycles.